The van der Waals surface area contributed by atoms with E-state index < -0.39 is 0 Å². The molecule has 0 saturated heterocycles. The minimum absolute atomic E-state index is 0.0404. The number of hydrogen-bond donors (Lipinski definition) is 1. The van der Waals surface area contributed by atoms with Crippen molar-refractivity contribution in [2.24, 2.45) is 0 Å². The van der Waals surface area contributed by atoms with Crippen LogP contribution in [0.25, 0.3) is 0 Å². The summed E-state index contributed by atoms with van der Waals surface area (Å²) in [5.41, 5.74) is 3.86. The highest BCUT2D eigenvalue weighted by molar-refractivity contribution is 5.95. The van der Waals surface area contributed by atoms with Gasteiger partial charge in [-0.15, -0.1) is 0 Å². The molecule has 2 rings (SSSR count). The van der Waals surface area contributed by atoms with Crippen LogP contribution >= 0.6 is 0 Å². The van der Waals surface area contributed by atoms with Crippen molar-refractivity contribution >= 4 is 5.91 Å². The number of nitrogens with zero attached hydrogens (tertiary/aromatic N) is 2. The minimum Gasteiger partial charge on any atom is -0.334 e. The standard InChI is InChI=1S/C16H21N3O/c1-4-9-19(11-14-7-5-12(2)6-8-14)16(20)15-10-17-18-13(15)3/h5-8,10H,4,9,11H2,1-3H3,(H,17,18). The number of carbonyl (C=O) groups excluding carboxylic acids is 1. The van der Waals surface area contributed by atoms with Gasteiger partial charge < -0.3 is 4.90 Å². The third kappa shape index (κ3) is 3.26. The second-order valence-electron chi connectivity index (χ2n) is 5.12. The maximum Gasteiger partial charge on any atom is 0.257 e. The van der Waals surface area contributed by atoms with Crippen molar-refractivity contribution in [2.45, 2.75) is 33.7 Å². The average Bonchev–Trinajstić information content (AvgIpc) is 2.86. The van der Waals surface area contributed by atoms with Gasteiger partial charge in [-0.25, -0.2) is 0 Å². The van der Waals surface area contributed by atoms with Gasteiger partial charge >= 0.3 is 0 Å². The van der Waals surface area contributed by atoms with Gasteiger partial charge in [0.1, 0.15) is 0 Å². The molecule has 1 aromatic carbocycles. The van der Waals surface area contributed by atoms with Crippen LogP contribution in [-0.2, 0) is 6.54 Å². The highest BCUT2D eigenvalue weighted by Crippen LogP contribution is 2.13. The fourth-order valence-electron chi connectivity index (χ4n) is 2.17. The number of H-pyrrole nitrogens is 1. The number of hydrogen-bond acceptors (Lipinski definition) is 2. The summed E-state index contributed by atoms with van der Waals surface area (Å²) in [4.78, 5) is 14.4. The van der Waals surface area contributed by atoms with Gasteiger partial charge in [0.05, 0.1) is 11.8 Å². The zero-order valence-electron chi connectivity index (χ0n) is 12.3. The van der Waals surface area contributed by atoms with Crippen LogP contribution in [0.15, 0.2) is 30.5 Å². The van der Waals surface area contributed by atoms with Crippen LogP contribution in [0.4, 0.5) is 0 Å². The van der Waals surface area contributed by atoms with Crippen molar-refractivity contribution in [2.75, 3.05) is 6.54 Å². The first-order valence-corrected chi connectivity index (χ1v) is 6.96. The Hall–Kier alpha value is -2.10. The van der Waals surface area contributed by atoms with Crippen LogP contribution < -0.4 is 0 Å². The average molecular weight is 271 g/mol. The largest absolute Gasteiger partial charge is 0.334 e. The van der Waals surface area contributed by atoms with Gasteiger partial charge in [-0.2, -0.15) is 5.10 Å². The van der Waals surface area contributed by atoms with Gasteiger partial charge in [0.25, 0.3) is 5.91 Å². The highest BCUT2D eigenvalue weighted by Gasteiger charge is 2.18. The fourth-order valence-corrected chi connectivity index (χ4v) is 2.17. The van der Waals surface area contributed by atoms with Gasteiger partial charge in [-0.3, -0.25) is 9.89 Å². The monoisotopic (exact) mass is 271 g/mol. The molecule has 1 amide bonds. The molecule has 0 atom stereocenters. The maximum absolute atomic E-state index is 12.6. The highest BCUT2D eigenvalue weighted by atomic mass is 16.2. The topological polar surface area (TPSA) is 49.0 Å². The number of amides is 1. The molecule has 1 heterocycles. The summed E-state index contributed by atoms with van der Waals surface area (Å²) >= 11 is 0. The van der Waals surface area contributed by atoms with Gasteiger partial charge in [0, 0.05) is 18.8 Å². The molecule has 2 aromatic rings. The fraction of sp³-hybridized carbons (Fsp3) is 0.375. The molecule has 0 spiro atoms. The van der Waals surface area contributed by atoms with Crippen molar-refractivity contribution in [1.82, 2.24) is 15.1 Å². The molecule has 0 unspecified atom stereocenters. The lowest BCUT2D eigenvalue weighted by molar-refractivity contribution is 0.0742. The number of aromatic nitrogens is 2. The molecule has 4 heteroatoms. The lowest BCUT2D eigenvalue weighted by Crippen LogP contribution is -2.31. The van der Waals surface area contributed by atoms with Crippen molar-refractivity contribution in [1.29, 1.82) is 0 Å². The molecular weight excluding hydrogens is 250 g/mol. The summed E-state index contributed by atoms with van der Waals surface area (Å²) in [5.74, 6) is 0.0404. The smallest absolute Gasteiger partial charge is 0.257 e. The van der Waals surface area contributed by atoms with Crippen LogP contribution in [-0.4, -0.2) is 27.5 Å². The summed E-state index contributed by atoms with van der Waals surface area (Å²) in [6.07, 6.45) is 2.55. The first-order valence-electron chi connectivity index (χ1n) is 6.96. The van der Waals surface area contributed by atoms with Crippen molar-refractivity contribution in [3.8, 4) is 0 Å². The molecule has 4 nitrogen and oxygen atoms in total. The molecule has 0 aliphatic heterocycles. The molecule has 0 bridgehead atoms. The van der Waals surface area contributed by atoms with E-state index in [0.29, 0.717) is 12.1 Å². The second-order valence-corrected chi connectivity index (χ2v) is 5.12. The number of benzene rings is 1. The number of aromatic amines is 1. The van der Waals surface area contributed by atoms with E-state index in [-0.39, 0.29) is 5.91 Å². The van der Waals surface area contributed by atoms with Crippen LogP contribution in [0, 0.1) is 13.8 Å². The molecule has 0 aliphatic rings. The van der Waals surface area contributed by atoms with Gasteiger partial charge in [-0.05, 0) is 25.8 Å². The Labute approximate surface area is 119 Å². The predicted molar refractivity (Wildman–Crippen MR) is 79.5 cm³/mol. The molecular formula is C16H21N3O. The molecule has 0 fully saturated rings. The van der Waals surface area contributed by atoms with E-state index >= 15 is 0 Å². The summed E-state index contributed by atoms with van der Waals surface area (Å²) in [5, 5.41) is 6.75. The first kappa shape index (κ1) is 14.3. The van der Waals surface area contributed by atoms with Gasteiger partial charge in [0.2, 0.25) is 0 Å². The van der Waals surface area contributed by atoms with E-state index in [9.17, 15) is 4.79 Å². The zero-order valence-corrected chi connectivity index (χ0v) is 12.3. The number of aryl methyl sites for hydroxylation is 2. The molecule has 106 valence electrons. The Bertz CT molecular complexity index is 572. The van der Waals surface area contributed by atoms with E-state index in [1.807, 2.05) is 11.8 Å². The lowest BCUT2D eigenvalue weighted by atomic mass is 10.1. The van der Waals surface area contributed by atoms with E-state index in [2.05, 4.69) is 48.3 Å². The third-order valence-corrected chi connectivity index (χ3v) is 3.34. The molecule has 1 aromatic heterocycles. The van der Waals surface area contributed by atoms with Crippen molar-refractivity contribution < 1.29 is 4.79 Å². The van der Waals surface area contributed by atoms with Gasteiger partial charge in [-0.1, -0.05) is 36.8 Å². The summed E-state index contributed by atoms with van der Waals surface area (Å²) in [7, 11) is 0. The number of carbonyl (C=O) groups is 1. The lowest BCUT2D eigenvalue weighted by Gasteiger charge is -2.22. The van der Waals surface area contributed by atoms with Crippen molar-refractivity contribution in [3.63, 3.8) is 0 Å². The van der Waals surface area contributed by atoms with E-state index in [1.54, 1.807) is 6.20 Å². The zero-order chi connectivity index (χ0) is 14.5. The van der Waals surface area contributed by atoms with Crippen LogP contribution in [0.5, 0.6) is 0 Å². The van der Waals surface area contributed by atoms with E-state index in [4.69, 9.17) is 0 Å². The molecule has 0 radical (unpaired) electrons. The minimum atomic E-state index is 0.0404. The summed E-state index contributed by atoms with van der Waals surface area (Å²) < 4.78 is 0. The number of rotatable bonds is 5. The Morgan fingerprint density at radius 1 is 1.25 bits per heavy atom. The quantitative estimate of drug-likeness (QED) is 0.908. The van der Waals surface area contributed by atoms with Crippen molar-refractivity contribution in [3.05, 3.63) is 52.8 Å². The number of nitrogens with one attached hydrogen (secondary N) is 1. The third-order valence-electron chi connectivity index (χ3n) is 3.34. The molecule has 0 aliphatic carbocycles. The SMILES string of the molecule is CCCN(Cc1ccc(C)cc1)C(=O)c1cn[nH]c1C. The predicted octanol–water partition coefficient (Wildman–Crippen LogP) is 3.08. The van der Waals surface area contributed by atoms with Gasteiger partial charge in [0.15, 0.2) is 0 Å². The van der Waals surface area contributed by atoms with Crippen LogP contribution in [0.3, 0.4) is 0 Å². The molecule has 20 heavy (non-hydrogen) atoms. The Morgan fingerprint density at radius 2 is 1.95 bits per heavy atom. The first-order chi connectivity index (χ1) is 9.61. The Morgan fingerprint density at radius 3 is 2.50 bits per heavy atom. The molecule has 0 saturated carbocycles. The maximum atomic E-state index is 12.6. The summed E-state index contributed by atoms with van der Waals surface area (Å²) in [6.45, 7) is 7.40. The Balaban J connectivity index is 2.16. The van der Waals surface area contributed by atoms with Crippen LogP contribution in [0.1, 0.15) is 40.5 Å². The second kappa shape index (κ2) is 6.37. The normalized spacial score (nSPS) is 10.6. The van der Waals surface area contributed by atoms with E-state index in [0.717, 1.165) is 24.2 Å². The van der Waals surface area contributed by atoms with Crippen LogP contribution in [0.2, 0.25) is 0 Å². The Kier molecular flexibility index (Phi) is 4.56. The molecule has 1 N–H and O–H groups in total. The summed E-state index contributed by atoms with van der Waals surface area (Å²) in [6, 6.07) is 8.31. The van der Waals surface area contributed by atoms with E-state index in [1.165, 1.54) is 5.56 Å².